The maximum absolute atomic E-state index is 14.1. The number of anilines is 1. The summed E-state index contributed by atoms with van der Waals surface area (Å²) in [6, 6.07) is 16.6. The molecule has 2 aromatic carbocycles. The van der Waals surface area contributed by atoms with Crippen LogP contribution in [-0.4, -0.2) is 18.7 Å². The van der Waals surface area contributed by atoms with Gasteiger partial charge in [-0.1, -0.05) is 24.3 Å². The van der Waals surface area contributed by atoms with Gasteiger partial charge in [0.25, 0.3) is 0 Å². The van der Waals surface area contributed by atoms with E-state index in [-0.39, 0.29) is 23.0 Å². The number of methoxy groups -OCH3 is 1. The topological polar surface area (TPSA) is 106 Å². The van der Waals surface area contributed by atoms with Crippen molar-refractivity contribution in [3.63, 3.8) is 0 Å². The average Bonchev–Trinajstić information content (AvgIpc) is 3.30. The number of benzene rings is 2. The first kappa shape index (κ1) is 18.7. The molecule has 0 fully saturated rings. The third-order valence-corrected chi connectivity index (χ3v) is 7.05. The summed E-state index contributed by atoms with van der Waals surface area (Å²) in [5.41, 5.74) is 6.03. The molecule has 7 nitrogen and oxygen atoms in total. The summed E-state index contributed by atoms with van der Waals surface area (Å²) in [5, 5.41) is 10.1. The number of carbonyl (C=O) groups excluding carboxylic acids is 2. The number of carbonyl (C=O) groups is 2. The van der Waals surface area contributed by atoms with Gasteiger partial charge in [-0.25, -0.2) is 0 Å². The molecule has 2 heterocycles. The Kier molecular flexibility index (Phi) is 3.51. The zero-order chi connectivity index (χ0) is 22.3. The first-order valence-electron chi connectivity index (χ1n) is 10.5. The molecule has 158 valence electrons. The number of hydrogen-bond acceptors (Lipinski definition) is 7. The van der Waals surface area contributed by atoms with Gasteiger partial charge in [-0.15, -0.1) is 0 Å². The predicted molar refractivity (Wildman–Crippen MR) is 114 cm³/mol. The molecule has 32 heavy (non-hydrogen) atoms. The monoisotopic (exact) mass is 425 g/mol. The third kappa shape index (κ3) is 1.79. The van der Waals surface area contributed by atoms with Crippen LogP contribution in [0.1, 0.15) is 35.2 Å². The van der Waals surface area contributed by atoms with Crippen molar-refractivity contribution in [1.29, 1.82) is 5.26 Å². The molecule has 0 saturated carbocycles. The van der Waals surface area contributed by atoms with Gasteiger partial charge in [0, 0.05) is 34.5 Å². The van der Waals surface area contributed by atoms with Gasteiger partial charge in [0.1, 0.15) is 17.4 Å². The van der Waals surface area contributed by atoms with Gasteiger partial charge in [-0.05, 0) is 37.1 Å². The quantitative estimate of drug-likeness (QED) is 0.787. The normalized spacial score (nSPS) is 27.6. The minimum Gasteiger partial charge on any atom is -0.497 e. The molecule has 0 unspecified atom stereocenters. The fraction of sp³-hybridized carbons (Fsp3) is 0.240. The summed E-state index contributed by atoms with van der Waals surface area (Å²) in [7, 11) is 1.59. The van der Waals surface area contributed by atoms with Crippen molar-refractivity contribution in [3.8, 4) is 11.8 Å². The number of ether oxygens (including phenoxy) is 2. The van der Waals surface area contributed by atoms with Crippen LogP contribution in [0.2, 0.25) is 0 Å². The average molecular weight is 425 g/mol. The number of rotatable bonds is 2. The number of nitrogens with zero attached hydrogens (tertiary/aromatic N) is 2. The van der Waals surface area contributed by atoms with Gasteiger partial charge in [-0.3, -0.25) is 9.59 Å². The lowest BCUT2D eigenvalue weighted by Crippen LogP contribution is -2.52. The summed E-state index contributed by atoms with van der Waals surface area (Å²) >= 11 is 0. The molecule has 2 aliphatic heterocycles. The van der Waals surface area contributed by atoms with Crippen LogP contribution in [0.25, 0.3) is 0 Å². The Labute approximate surface area is 184 Å². The van der Waals surface area contributed by atoms with E-state index in [4.69, 9.17) is 15.2 Å². The molecule has 6 rings (SSSR count). The van der Waals surface area contributed by atoms with E-state index in [1.165, 1.54) is 0 Å². The van der Waals surface area contributed by atoms with E-state index in [0.29, 0.717) is 41.7 Å². The summed E-state index contributed by atoms with van der Waals surface area (Å²) in [6.07, 6.45) is 1.57. The number of nitriles is 1. The first-order valence-corrected chi connectivity index (χ1v) is 10.5. The van der Waals surface area contributed by atoms with Gasteiger partial charge in [0.15, 0.2) is 17.0 Å². The van der Waals surface area contributed by atoms with Crippen molar-refractivity contribution in [1.82, 2.24) is 0 Å². The zero-order valence-electron chi connectivity index (χ0n) is 17.3. The fourth-order valence-corrected chi connectivity index (χ4v) is 5.96. The Morgan fingerprint density at radius 3 is 2.59 bits per heavy atom. The third-order valence-electron chi connectivity index (χ3n) is 7.05. The highest BCUT2D eigenvalue weighted by Crippen LogP contribution is 2.72. The van der Waals surface area contributed by atoms with Crippen LogP contribution in [0, 0.1) is 16.7 Å². The van der Waals surface area contributed by atoms with Gasteiger partial charge in [0.2, 0.25) is 11.6 Å². The van der Waals surface area contributed by atoms with Crippen LogP contribution in [0.4, 0.5) is 5.69 Å². The van der Waals surface area contributed by atoms with Gasteiger partial charge in [0.05, 0.1) is 7.11 Å². The number of allylic oxidation sites excluding steroid dienone is 1. The zero-order valence-corrected chi connectivity index (χ0v) is 17.3. The smallest absolute Gasteiger partial charge is 0.238 e. The molecule has 2 aliphatic carbocycles. The van der Waals surface area contributed by atoms with E-state index in [2.05, 4.69) is 6.07 Å². The molecule has 0 bridgehead atoms. The lowest BCUT2D eigenvalue weighted by atomic mass is 9.66. The van der Waals surface area contributed by atoms with Crippen molar-refractivity contribution < 1.29 is 19.1 Å². The summed E-state index contributed by atoms with van der Waals surface area (Å²) in [4.78, 5) is 29.4. The number of fused-ring (bicyclic) bond motifs is 1. The maximum Gasteiger partial charge on any atom is 0.238 e. The molecule has 2 atom stereocenters. The second kappa shape index (κ2) is 6.01. The number of hydrogen-bond donors (Lipinski definition) is 1. The molecule has 7 heteroatoms. The highest BCUT2D eigenvalue weighted by Gasteiger charge is 2.81. The van der Waals surface area contributed by atoms with Crippen LogP contribution in [0.3, 0.4) is 0 Å². The summed E-state index contributed by atoms with van der Waals surface area (Å²) in [6.45, 7) is 0. The Morgan fingerprint density at radius 1 is 1.12 bits per heavy atom. The lowest BCUT2D eigenvalue weighted by molar-refractivity contribution is -0.117. The van der Waals surface area contributed by atoms with Crippen molar-refractivity contribution >= 4 is 17.3 Å². The summed E-state index contributed by atoms with van der Waals surface area (Å²) < 4.78 is 11.7. The molecule has 0 radical (unpaired) electrons. The van der Waals surface area contributed by atoms with E-state index < -0.39 is 11.1 Å². The van der Waals surface area contributed by atoms with E-state index in [0.717, 1.165) is 11.4 Å². The predicted octanol–water partition coefficient (Wildman–Crippen LogP) is 3.28. The second-order valence-corrected chi connectivity index (χ2v) is 8.35. The molecular formula is C25H19N3O4. The van der Waals surface area contributed by atoms with Crippen molar-refractivity contribution in [2.24, 2.45) is 11.1 Å². The van der Waals surface area contributed by atoms with Crippen LogP contribution in [0.5, 0.6) is 5.75 Å². The molecule has 0 aromatic heterocycles. The van der Waals surface area contributed by atoms with Crippen LogP contribution < -0.4 is 15.4 Å². The summed E-state index contributed by atoms with van der Waals surface area (Å²) in [5.74, 6) is 0.109. The number of Topliss-reactive ketones (excluding diaryl/α,β-unsaturated/α-hetero) is 2. The second-order valence-electron chi connectivity index (χ2n) is 8.35. The molecule has 0 saturated heterocycles. The minimum absolute atomic E-state index is 0.0115. The van der Waals surface area contributed by atoms with E-state index in [9.17, 15) is 14.9 Å². The van der Waals surface area contributed by atoms with Gasteiger partial charge < -0.3 is 20.1 Å². The SMILES string of the molecule is COc1ccc(N2C3=C(C(=O)CCC3)[C@]34C(=O)c5ccccc5[C@]23OC(N)=C4C#N)cc1. The maximum atomic E-state index is 14.1. The van der Waals surface area contributed by atoms with E-state index in [1.807, 2.05) is 41.3 Å². The van der Waals surface area contributed by atoms with Crippen molar-refractivity contribution in [2.45, 2.75) is 25.0 Å². The Bertz CT molecular complexity index is 1330. The van der Waals surface area contributed by atoms with Gasteiger partial charge >= 0.3 is 0 Å². The highest BCUT2D eigenvalue weighted by molar-refractivity contribution is 6.20. The van der Waals surface area contributed by atoms with Crippen LogP contribution in [0.15, 0.2) is 71.3 Å². The van der Waals surface area contributed by atoms with Crippen LogP contribution >= 0.6 is 0 Å². The molecular weight excluding hydrogens is 406 g/mol. The van der Waals surface area contributed by atoms with E-state index >= 15 is 0 Å². The first-order chi connectivity index (χ1) is 15.5. The largest absolute Gasteiger partial charge is 0.497 e. The Hall–Kier alpha value is -4.05. The standard InChI is InChI=1S/C25H19N3O4/c1-31-15-11-9-14(10-12-15)28-19-7-4-8-20(29)21(19)24-18(13-26)23(27)32-25(24,28)17-6-3-2-5-16(17)22(24)30/h2-3,5-6,9-12H,4,7-8,27H2,1H3/t24-,25-/m1/s1. The van der Waals surface area contributed by atoms with Crippen molar-refractivity contribution in [3.05, 3.63) is 82.4 Å². The lowest BCUT2D eigenvalue weighted by Gasteiger charge is -2.41. The Balaban J connectivity index is 1.75. The Morgan fingerprint density at radius 2 is 1.88 bits per heavy atom. The van der Waals surface area contributed by atoms with Gasteiger partial charge in [-0.2, -0.15) is 5.26 Å². The van der Waals surface area contributed by atoms with Crippen LogP contribution in [-0.2, 0) is 15.3 Å². The molecule has 0 spiro atoms. The number of ketones is 2. The molecule has 2 N–H and O–H groups in total. The fourth-order valence-electron chi connectivity index (χ4n) is 5.96. The van der Waals surface area contributed by atoms with E-state index in [1.54, 1.807) is 19.2 Å². The molecule has 0 amide bonds. The number of nitrogens with two attached hydrogens (primary N) is 1. The van der Waals surface area contributed by atoms with Crippen molar-refractivity contribution in [2.75, 3.05) is 12.0 Å². The minimum atomic E-state index is -1.61. The molecule has 4 aliphatic rings. The molecule has 2 aromatic rings. The highest BCUT2D eigenvalue weighted by atomic mass is 16.5.